The van der Waals surface area contributed by atoms with E-state index in [4.69, 9.17) is 0 Å². The number of rotatable bonds is 6. The number of hydrogen-bond donors (Lipinski definition) is 2. The van der Waals surface area contributed by atoms with Crippen LogP contribution in [0.15, 0.2) is 61.2 Å². The van der Waals surface area contributed by atoms with Crippen LogP contribution in [0.1, 0.15) is 37.3 Å². The second-order valence-electron chi connectivity index (χ2n) is 7.25. The van der Waals surface area contributed by atoms with Crippen LogP contribution in [0.5, 0.6) is 0 Å². The Hall–Kier alpha value is -3.48. The fourth-order valence-corrected chi connectivity index (χ4v) is 3.79. The molecule has 2 heterocycles. The zero-order valence-electron chi connectivity index (χ0n) is 16.3. The number of nitrogens with one attached hydrogen (secondary N) is 2. The third-order valence-electron chi connectivity index (χ3n) is 5.62. The minimum Gasteiger partial charge on any atom is -0.381 e. The van der Waals surface area contributed by atoms with Gasteiger partial charge in [0.1, 0.15) is 12.7 Å². The van der Waals surface area contributed by atoms with E-state index in [2.05, 4.69) is 20.7 Å². The van der Waals surface area contributed by atoms with Gasteiger partial charge in [-0.1, -0.05) is 31.2 Å². The molecule has 0 radical (unpaired) electrons. The molecule has 0 spiro atoms. The van der Waals surface area contributed by atoms with Crippen molar-refractivity contribution in [2.75, 3.05) is 5.32 Å². The van der Waals surface area contributed by atoms with Crippen molar-refractivity contribution in [3.05, 3.63) is 72.3 Å². The Kier molecular flexibility index (Phi) is 5.12. The Morgan fingerprint density at radius 3 is 2.48 bits per heavy atom. The number of amides is 2. The van der Waals surface area contributed by atoms with Crippen LogP contribution in [0, 0.1) is 0 Å². The molecule has 1 aliphatic heterocycles. The van der Waals surface area contributed by atoms with Gasteiger partial charge < -0.3 is 5.32 Å². The molecule has 4 rings (SSSR count). The van der Waals surface area contributed by atoms with Crippen molar-refractivity contribution in [1.82, 2.24) is 20.1 Å². The highest BCUT2D eigenvalue weighted by atomic mass is 16.2. The van der Waals surface area contributed by atoms with Crippen molar-refractivity contribution < 1.29 is 9.59 Å². The molecule has 29 heavy (non-hydrogen) atoms. The standard InChI is InChI=1S/C22H23N5O2/c1-2-22(12-11-20(28)26-21(22)29)17-5-7-18(8-6-17)24-13-16-3-9-19(10-4-16)27-15-23-14-25-27/h3-10,14-15,24H,2,11-13H2,1H3,(H,26,28,29). The first-order valence-electron chi connectivity index (χ1n) is 9.73. The zero-order chi connectivity index (χ0) is 20.3. The Bertz CT molecular complexity index is 997. The molecule has 0 bridgehead atoms. The first-order valence-corrected chi connectivity index (χ1v) is 9.73. The highest BCUT2D eigenvalue weighted by Crippen LogP contribution is 2.36. The quantitative estimate of drug-likeness (QED) is 0.633. The molecule has 2 N–H and O–H groups in total. The number of aromatic nitrogens is 3. The maximum atomic E-state index is 12.5. The van der Waals surface area contributed by atoms with Crippen molar-refractivity contribution in [2.24, 2.45) is 0 Å². The zero-order valence-corrected chi connectivity index (χ0v) is 16.3. The molecular weight excluding hydrogens is 366 g/mol. The van der Waals surface area contributed by atoms with Gasteiger partial charge in [-0.05, 0) is 48.2 Å². The lowest BCUT2D eigenvalue weighted by Gasteiger charge is -2.35. The molecule has 1 aliphatic rings. The number of carbonyl (C=O) groups excluding carboxylic acids is 2. The van der Waals surface area contributed by atoms with Gasteiger partial charge in [0.15, 0.2) is 0 Å². The van der Waals surface area contributed by atoms with Crippen LogP contribution in [0.3, 0.4) is 0 Å². The van der Waals surface area contributed by atoms with E-state index < -0.39 is 5.41 Å². The molecule has 0 aliphatic carbocycles. The Morgan fingerprint density at radius 2 is 1.86 bits per heavy atom. The van der Waals surface area contributed by atoms with E-state index in [-0.39, 0.29) is 11.8 Å². The fourth-order valence-electron chi connectivity index (χ4n) is 3.79. The number of carbonyl (C=O) groups is 2. The van der Waals surface area contributed by atoms with Gasteiger partial charge in [0.05, 0.1) is 11.1 Å². The lowest BCUT2D eigenvalue weighted by atomic mass is 9.72. The smallest absolute Gasteiger partial charge is 0.237 e. The predicted molar refractivity (Wildman–Crippen MR) is 109 cm³/mol. The van der Waals surface area contributed by atoms with Gasteiger partial charge in [-0.15, -0.1) is 0 Å². The summed E-state index contributed by atoms with van der Waals surface area (Å²) < 4.78 is 1.72. The van der Waals surface area contributed by atoms with Crippen molar-refractivity contribution in [3.63, 3.8) is 0 Å². The Labute approximate surface area is 169 Å². The molecule has 3 aromatic rings. The number of benzene rings is 2. The van der Waals surface area contributed by atoms with Crippen molar-refractivity contribution in [1.29, 1.82) is 0 Å². The number of piperidine rings is 1. The average molecular weight is 389 g/mol. The molecule has 148 valence electrons. The van der Waals surface area contributed by atoms with E-state index in [0.29, 0.717) is 25.8 Å². The van der Waals surface area contributed by atoms with E-state index in [1.54, 1.807) is 11.0 Å². The monoisotopic (exact) mass is 389 g/mol. The molecule has 1 saturated heterocycles. The molecule has 1 fully saturated rings. The molecule has 7 heteroatoms. The SMILES string of the molecule is CCC1(c2ccc(NCc3ccc(-n4cncn4)cc3)cc2)CCC(=O)NC1=O. The average Bonchev–Trinajstić information content (AvgIpc) is 3.29. The summed E-state index contributed by atoms with van der Waals surface area (Å²) in [5.74, 6) is -0.378. The number of nitrogens with zero attached hydrogens (tertiary/aromatic N) is 3. The largest absolute Gasteiger partial charge is 0.381 e. The second-order valence-corrected chi connectivity index (χ2v) is 7.25. The van der Waals surface area contributed by atoms with Crippen molar-refractivity contribution >= 4 is 17.5 Å². The van der Waals surface area contributed by atoms with Gasteiger partial charge >= 0.3 is 0 Å². The molecular formula is C22H23N5O2. The van der Waals surface area contributed by atoms with E-state index in [1.165, 1.54) is 6.33 Å². The van der Waals surface area contributed by atoms with Crippen LogP contribution in [-0.2, 0) is 21.5 Å². The third kappa shape index (κ3) is 3.76. The lowest BCUT2D eigenvalue weighted by molar-refractivity contribution is -0.138. The van der Waals surface area contributed by atoms with E-state index in [9.17, 15) is 9.59 Å². The summed E-state index contributed by atoms with van der Waals surface area (Å²) in [6.45, 7) is 2.68. The lowest BCUT2D eigenvalue weighted by Crippen LogP contribution is -2.51. The van der Waals surface area contributed by atoms with Crippen LogP contribution >= 0.6 is 0 Å². The van der Waals surface area contributed by atoms with Gasteiger partial charge in [0.25, 0.3) is 0 Å². The van der Waals surface area contributed by atoms with Gasteiger partial charge in [0, 0.05) is 18.7 Å². The summed E-state index contributed by atoms with van der Waals surface area (Å²) >= 11 is 0. The normalized spacial score (nSPS) is 19.1. The van der Waals surface area contributed by atoms with Gasteiger partial charge in [-0.25, -0.2) is 9.67 Å². The molecule has 0 saturated carbocycles. The molecule has 1 unspecified atom stereocenters. The minimum atomic E-state index is -0.621. The molecule has 1 aromatic heterocycles. The van der Waals surface area contributed by atoms with Crippen LogP contribution in [0.4, 0.5) is 5.69 Å². The number of hydrogen-bond acceptors (Lipinski definition) is 5. The summed E-state index contributed by atoms with van der Waals surface area (Å²) in [4.78, 5) is 28.0. The maximum Gasteiger partial charge on any atom is 0.237 e. The summed E-state index contributed by atoms with van der Waals surface area (Å²) in [6.07, 6.45) is 4.78. The summed E-state index contributed by atoms with van der Waals surface area (Å²) in [5.41, 5.74) is 3.42. The fraction of sp³-hybridized carbons (Fsp3) is 0.273. The van der Waals surface area contributed by atoms with Crippen LogP contribution in [0.25, 0.3) is 5.69 Å². The highest BCUT2D eigenvalue weighted by Gasteiger charge is 2.42. The highest BCUT2D eigenvalue weighted by molar-refractivity contribution is 6.03. The molecule has 1 atom stereocenters. The minimum absolute atomic E-state index is 0.188. The predicted octanol–water partition coefficient (Wildman–Crippen LogP) is 2.96. The summed E-state index contributed by atoms with van der Waals surface area (Å²) in [6, 6.07) is 16.0. The summed E-state index contributed by atoms with van der Waals surface area (Å²) in [7, 11) is 0. The second kappa shape index (κ2) is 7.87. The van der Waals surface area contributed by atoms with Gasteiger partial charge in [-0.2, -0.15) is 5.10 Å². The van der Waals surface area contributed by atoms with E-state index in [0.717, 1.165) is 22.5 Å². The van der Waals surface area contributed by atoms with E-state index in [1.807, 2.05) is 55.5 Å². The first-order chi connectivity index (χ1) is 14.1. The Morgan fingerprint density at radius 1 is 1.10 bits per heavy atom. The number of imide groups is 1. The summed E-state index contributed by atoms with van der Waals surface area (Å²) in [5, 5.41) is 10.0. The van der Waals surface area contributed by atoms with Crippen LogP contribution < -0.4 is 10.6 Å². The van der Waals surface area contributed by atoms with Gasteiger partial charge in [0.2, 0.25) is 11.8 Å². The first kappa shape index (κ1) is 18.9. The van der Waals surface area contributed by atoms with Crippen LogP contribution in [-0.4, -0.2) is 26.6 Å². The molecule has 2 amide bonds. The number of anilines is 1. The van der Waals surface area contributed by atoms with E-state index >= 15 is 0 Å². The van der Waals surface area contributed by atoms with Crippen molar-refractivity contribution in [2.45, 2.75) is 38.1 Å². The Balaban J connectivity index is 1.42. The topological polar surface area (TPSA) is 88.9 Å². The van der Waals surface area contributed by atoms with Crippen molar-refractivity contribution in [3.8, 4) is 5.69 Å². The third-order valence-corrected chi connectivity index (χ3v) is 5.62. The van der Waals surface area contributed by atoms with Crippen LogP contribution in [0.2, 0.25) is 0 Å². The van der Waals surface area contributed by atoms with Gasteiger partial charge in [-0.3, -0.25) is 14.9 Å². The molecule has 2 aromatic carbocycles. The maximum absolute atomic E-state index is 12.5. The molecule has 7 nitrogen and oxygen atoms in total.